The Bertz CT molecular complexity index is 698. The summed E-state index contributed by atoms with van der Waals surface area (Å²) in [7, 11) is -3.91. The van der Waals surface area contributed by atoms with Crippen molar-refractivity contribution in [2.24, 2.45) is 10.6 Å². The SMILES string of the molecule is NS(=O)(=O)c1cc(Cl)c(OCC2(C3CCCCO3)CC2)cc1Cl. The smallest absolute Gasteiger partial charge is 0.239 e. The minimum absolute atomic E-state index is 0.00524. The highest BCUT2D eigenvalue weighted by Crippen LogP contribution is 2.52. The van der Waals surface area contributed by atoms with E-state index in [0.717, 1.165) is 32.3 Å². The Morgan fingerprint density at radius 2 is 2.00 bits per heavy atom. The first-order chi connectivity index (χ1) is 10.8. The van der Waals surface area contributed by atoms with E-state index < -0.39 is 10.0 Å². The maximum atomic E-state index is 11.4. The van der Waals surface area contributed by atoms with Crippen LogP contribution in [0.2, 0.25) is 10.0 Å². The van der Waals surface area contributed by atoms with Crippen LogP contribution in [-0.4, -0.2) is 27.7 Å². The van der Waals surface area contributed by atoms with Crippen molar-refractivity contribution in [1.82, 2.24) is 0 Å². The monoisotopic (exact) mass is 379 g/mol. The molecule has 1 aromatic rings. The number of primary sulfonamides is 1. The van der Waals surface area contributed by atoms with Crippen molar-refractivity contribution >= 4 is 33.2 Å². The van der Waals surface area contributed by atoms with Gasteiger partial charge in [0.25, 0.3) is 0 Å². The standard InChI is InChI=1S/C15H19Cl2NO4S/c16-10-8-13(23(18,19)20)11(17)7-12(10)22-9-15(4-5-15)14-3-1-2-6-21-14/h7-8,14H,1-6,9H2,(H2,18,19,20). The predicted octanol–water partition coefficient (Wildman–Crippen LogP) is 3.37. The largest absolute Gasteiger partial charge is 0.491 e. The summed E-state index contributed by atoms with van der Waals surface area (Å²) in [6.45, 7) is 1.30. The molecule has 0 aromatic heterocycles. The van der Waals surface area contributed by atoms with Gasteiger partial charge in [0.2, 0.25) is 10.0 Å². The third-order valence-corrected chi connectivity index (χ3v) is 6.23. The lowest BCUT2D eigenvalue weighted by Gasteiger charge is -2.30. The number of halogens is 2. The van der Waals surface area contributed by atoms with Crippen LogP contribution >= 0.6 is 23.2 Å². The lowest BCUT2D eigenvalue weighted by atomic mass is 9.93. The summed E-state index contributed by atoms with van der Waals surface area (Å²) >= 11 is 12.1. The van der Waals surface area contributed by atoms with Crippen LogP contribution in [0.3, 0.4) is 0 Å². The van der Waals surface area contributed by atoms with Crippen molar-refractivity contribution < 1.29 is 17.9 Å². The van der Waals surface area contributed by atoms with Crippen LogP contribution in [0, 0.1) is 5.41 Å². The topological polar surface area (TPSA) is 78.6 Å². The second-order valence-electron chi connectivity index (χ2n) is 6.26. The van der Waals surface area contributed by atoms with Gasteiger partial charge < -0.3 is 9.47 Å². The molecular weight excluding hydrogens is 361 g/mol. The summed E-state index contributed by atoms with van der Waals surface area (Å²) in [6, 6.07) is 2.63. The van der Waals surface area contributed by atoms with Gasteiger partial charge in [-0.05, 0) is 38.2 Å². The molecule has 1 heterocycles. The highest BCUT2D eigenvalue weighted by Gasteiger charge is 2.51. The lowest BCUT2D eigenvalue weighted by Crippen LogP contribution is -2.33. The molecule has 1 saturated heterocycles. The van der Waals surface area contributed by atoms with Gasteiger partial charge >= 0.3 is 0 Å². The average Bonchev–Trinajstić information content (AvgIpc) is 3.29. The molecule has 1 atom stereocenters. The highest BCUT2D eigenvalue weighted by atomic mass is 35.5. The second kappa shape index (κ2) is 6.41. The van der Waals surface area contributed by atoms with Gasteiger partial charge in [0.1, 0.15) is 10.6 Å². The molecule has 0 radical (unpaired) electrons. The summed E-state index contributed by atoms with van der Waals surface area (Å²) in [6.07, 6.45) is 5.72. The molecular formula is C15H19Cl2NO4S. The number of rotatable bonds is 5. The molecule has 5 nitrogen and oxygen atoms in total. The zero-order valence-electron chi connectivity index (χ0n) is 12.6. The van der Waals surface area contributed by atoms with Crippen molar-refractivity contribution in [3.8, 4) is 5.75 Å². The van der Waals surface area contributed by atoms with E-state index in [0.29, 0.717) is 12.4 Å². The molecule has 2 aliphatic rings. The molecule has 3 rings (SSSR count). The fourth-order valence-electron chi connectivity index (χ4n) is 3.00. The third-order valence-electron chi connectivity index (χ3n) is 4.56. The van der Waals surface area contributed by atoms with E-state index in [2.05, 4.69) is 0 Å². The molecule has 8 heteroatoms. The molecule has 1 saturated carbocycles. The molecule has 128 valence electrons. The summed E-state index contributed by atoms with van der Waals surface area (Å²) in [5.74, 6) is 0.367. The van der Waals surface area contributed by atoms with E-state index in [1.807, 2.05) is 0 Å². The van der Waals surface area contributed by atoms with Crippen LogP contribution in [0.1, 0.15) is 32.1 Å². The number of hydrogen-bond acceptors (Lipinski definition) is 4. The minimum Gasteiger partial charge on any atom is -0.491 e. The van der Waals surface area contributed by atoms with Crippen LogP contribution in [0.4, 0.5) is 0 Å². The number of nitrogens with two attached hydrogens (primary N) is 1. The lowest BCUT2D eigenvalue weighted by molar-refractivity contribution is -0.0432. The number of benzene rings is 1. The Balaban J connectivity index is 1.72. The van der Waals surface area contributed by atoms with E-state index in [9.17, 15) is 8.42 Å². The van der Waals surface area contributed by atoms with E-state index in [1.54, 1.807) is 0 Å². The van der Waals surface area contributed by atoms with Crippen LogP contribution in [0.15, 0.2) is 17.0 Å². The minimum atomic E-state index is -3.91. The highest BCUT2D eigenvalue weighted by molar-refractivity contribution is 7.89. The van der Waals surface area contributed by atoms with Gasteiger partial charge in [-0.15, -0.1) is 0 Å². The molecule has 1 aliphatic carbocycles. The Hall–Kier alpha value is -0.530. The molecule has 23 heavy (non-hydrogen) atoms. The van der Waals surface area contributed by atoms with Gasteiger partial charge in [0.15, 0.2) is 0 Å². The second-order valence-corrected chi connectivity index (χ2v) is 8.61. The van der Waals surface area contributed by atoms with Crippen molar-refractivity contribution in [3.05, 3.63) is 22.2 Å². The molecule has 0 spiro atoms. The zero-order chi connectivity index (χ0) is 16.7. The maximum absolute atomic E-state index is 11.4. The van der Waals surface area contributed by atoms with E-state index in [4.69, 9.17) is 37.8 Å². The van der Waals surface area contributed by atoms with Crippen LogP contribution in [0.5, 0.6) is 5.75 Å². The van der Waals surface area contributed by atoms with Crippen LogP contribution < -0.4 is 9.88 Å². The van der Waals surface area contributed by atoms with Crippen LogP contribution in [0.25, 0.3) is 0 Å². The van der Waals surface area contributed by atoms with Gasteiger partial charge in [-0.1, -0.05) is 23.2 Å². The Kier molecular flexibility index (Phi) is 4.82. The van der Waals surface area contributed by atoms with Gasteiger partial charge in [-0.25, -0.2) is 13.6 Å². The Morgan fingerprint density at radius 3 is 2.57 bits per heavy atom. The van der Waals surface area contributed by atoms with Crippen molar-refractivity contribution in [1.29, 1.82) is 0 Å². The molecule has 2 fully saturated rings. The van der Waals surface area contributed by atoms with Gasteiger partial charge in [0.05, 0.1) is 22.8 Å². The molecule has 2 N–H and O–H groups in total. The quantitative estimate of drug-likeness (QED) is 0.850. The number of ether oxygens (including phenoxy) is 2. The van der Waals surface area contributed by atoms with Gasteiger partial charge in [-0.2, -0.15) is 0 Å². The molecule has 1 aromatic carbocycles. The normalized spacial score (nSPS) is 23.5. The summed E-state index contributed by atoms with van der Waals surface area (Å²) in [5.41, 5.74) is 0.0504. The summed E-state index contributed by atoms with van der Waals surface area (Å²) in [4.78, 5) is -0.201. The number of sulfonamides is 1. The van der Waals surface area contributed by atoms with Crippen molar-refractivity contribution in [2.75, 3.05) is 13.2 Å². The first kappa shape index (κ1) is 17.3. The van der Waals surface area contributed by atoms with Crippen LogP contribution in [-0.2, 0) is 14.8 Å². The molecule has 1 unspecified atom stereocenters. The van der Waals surface area contributed by atoms with E-state index >= 15 is 0 Å². The Labute approximate surface area is 146 Å². The first-order valence-corrected chi connectivity index (χ1v) is 9.88. The maximum Gasteiger partial charge on any atom is 0.239 e. The van der Waals surface area contributed by atoms with Crippen molar-refractivity contribution in [3.63, 3.8) is 0 Å². The fourth-order valence-corrected chi connectivity index (χ4v) is 4.38. The van der Waals surface area contributed by atoms with Gasteiger partial charge in [-0.3, -0.25) is 0 Å². The summed E-state index contributed by atoms with van der Waals surface area (Å²) in [5, 5.41) is 5.28. The van der Waals surface area contributed by atoms with Gasteiger partial charge in [0, 0.05) is 18.1 Å². The fraction of sp³-hybridized carbons (Fsp3) is 0.600. The first-order valence-electron chi connectivity index (χ1n) is 7.58. The third kappa shape index (κ3) is 3.77. The van der Waals surface area contributed by atoms with Crippen molar-refractivity contribution in [2.45, 2.75) is 43.1 Å². The molecule has 0 amide bonds. The molecule has 1 aliphatic heterocycles. The molecule has 0 bridgehead atoms. The van der Waals surface area contributed by atoms with E-state index in [1.165, 1.54) is 18.6 Å². The average molecular weight is 380 g/mol. The summed E-state index contributed by atoms with van der Waals surface area (Å²) < 4.78 is 34.6. The predicted molar refractivity (Wildman–Crippen MR) is 88.6 cm³/mol. The van der Waals surface area contributed by atoms with E-state index in [-0.39, 0.29) is 26.5 Å². The number of hydrogen-bond donors (Lipinski definition) is 1. The zero-order valence-corrected chi connectivity index (χ0v) is 14.9. The Morgan fingerprint density at radius 1 is 1.26 bits per heavy atom.